The second-order valence-corrected chi connectivity index (χ2v) is 16.9. The minimum atomic E-state index is -0.352. The molecule has 15 heteroatoms. The van der Waals surface area contributed by atoms with Crippen molar-refractivity contribution in [2.75, 3.05) is 0 Å². The smallest absolute Gasteiger partial charge is 0 e. The summed E-state index contributed by atoms with van der Waals surface area (Å²) in [5.41, 5.74) is 0. The summed E-state index contributed by atoms with van der Waals surface area (Å²) in [7, 11) is 0. The van der Waals surface area contributed by atoms with Crippen molar-refractivity contribution >= 4 is 59.7 Å². The first-order valence-electron chi connectivity index (χ1n) is 25.8. The standard InChI is InChI=1S/C20H38O3.2C16H30O3.Co.K.2Mn.Sn.Zn.3H/c1-3-5-7-9-10-11-12-14-16-18-20(22)23-19(21)17-15-13-8-6-4-2;2*1-3-5-7-9-11-13-15(17)19-16(18)14-12-10-8-6-4-2;;;;;;;;;/h3-18H2,1-2H3;2*3-14H2,1-2H3;;;;;;;;;/q;;;;+1;;;;;;;-1. The molecule has 0 heterocycles. The van der Waals surface area contributed by atoms with Crippen molar-refractivity contribution in [1.29, 1.82) is 0 Å². The third kappa shape index (κ3) is 82.3. The fourth-order valence-corrected chi connectivity index (χ4v) is 6.63. The Kier molecular flexibility index (Phi) is 102. The van der Waals surface area contributed by atoms with Crippen molar-refractivity contribution in [2.24, 2.45) is 0 Å². The largest absolute Gasteiger partial charge is 0 e. The number of carbonyl (C=O) groups is 6. The molecule has 0 aliphatic heterocycles. The van der Waals surface area contributed by atoms with Gasteiger partial charge in [0.1, 0.15) is 0 Å². The number of esters is 6. The van der Waals surface area contributed by atoms with Crippen LogP contribution in [0.2, 0.25) is 0 Å². The topological polar surface area (TPSA) is 130 Å². The summed E-state index contributed by atoms with van der Waals surface area (Å²) < 4.78 is 14.4. The zero-order chi connectivity index (χ0) is 45.9. The van der Waals surface area contributed by atoms with E-state index in [2.05, 4.69) is 41.5 Å². The Morgan fingerprint density at radius 1 is 0.269 bits per heavy atom. The van der Waals surface area contributed by atoms with Crippen LogP contribution in [0.1, 0.15) is 300 Å². The minimum Gasteiger partial charge on any atom is 0 e. The maximum atomic E-state index is 11.6. The maximum absolute atomic E-state index is 11.6. The van der Waals surface area contributed by atoms with Gasteiger partial charge in [-0.2, -0.15) is 0 Å². The molecule has 0 aliphatic carbocycles. The molecule has 67 heavy (non-hydrogen) atoms. The average Bonchev–Trinajstić information content (AvgIpc) is 3.23. The van der Waals surface area contributed by atoms with Crippen molar-refractivity contribution in [3.8, 4) is 0 Å². The molecular weight excluding hydrogens is 1160 g/mol. The summed E-state index contributed by atoms with van der Waals surface area (Å²) in [6.07, 6.45) is 40.6. The molecule has 5 radical (unpaired) electrons. The van der Waals surface area contributed by atoms with Gasteiger partial charge in [0.05, 0.1) is 0 Å². The first-order valence-corrected chi connectivity index (χ1v) is 25.8. The summed E-state index contributed by atoms with van der Waals surface area (Å²) in [6, 6.07) is 0. The Balaban J connectivity index is -0.0000000887. The van der Waals surface area contributed by atoms with Crippen LogP contribution >= 0.6 is 0 Å². The zero-order valence-corrected chi connectivity index (χ0v) is 58.0. The van der Waals surface area contributed by atoms with Gasteiger partial charge in [0.25, 0.3) is 0 Å². The second kappa shape index (κ2) is 76.9. The van der Waals surface area contributed by atoms with Crippen molar-refractivity contribution < 1.29 is 166 Å². The summed E-state index contributed by atoms with van der Waals surface area (Å²) in [5, 5.41) is 0. The number of rotatable bonds is 40. The first-order chi connectivity index (χ1) is 29.6. The Hall–Kier alpha value is 2.02. The van der Waals surface area contributed by atoms with E-state index in [0.717, 1.165) is 109 Å². The molecule has 0 bridgehead atoms. The average molecular weight is 1260 g/mol. The van der Waals surface area contributed by atoms with Crippen LogP contribution in [0.5, 0.6) is 0 Å². The Morgan fingerprint density at radius 3 is 0.493 bits per heavy atom. The fourth-order valence-electron chi connectivity index (χ4n) is 6.63. The van der Waals surface area contributed by atoms with E-state index in [1.54, 1.807) is 0 Å². The van der Waals surface area contributed by atoms with Crippen molar-refractivity contribution in [3.63, 3.8) is 0 Å². The SMILES string of the molecule is CCCCCCCC(=O)OC(=O)CCCCCCC.CCCCCCCC(=O)OC(=O)CCCCCCC.CCCCCCCCCCCC(=O)OC(=O)CCCCCCC.[Co].[H-].[K+].[Mn].[Mn].[SnH2].[Zn]. The van der Waals surface area contributed by atoms with E-state index in [1.165, 1.54) is 109 Å². The molecule has 0 aromatic heterocycles. The van der Waals surface area contributed by atoms with Crippen LogP contribution in [0.3, 0.4) is 0 Å². The molecular formula is C52H101CoKMn2O9SnZn. The van der Waals surface area contributed by atoms with Crippen LogP contribution in [0, 0.1) is 0 Å². The fraction of sp³-hybridized carbons (Fsp3) is 0.885. The number of carbonyl (C=O) groups excluding carboxylic acids is 6. The van der Waals surface area contributed by atoms with Crippen LogP contribution in [-0.4, -0.2) is 59.7 Å². The molecule has 0 unspecified atom stereocenters. The van der Waals surface area contributed by atoms with Gasteiger partial charge < -0.3 is 15.6 Å². The molecule has 0 amide bonds. The van der Waals surface area contributed by atoms with E-state index in [-0.39, 0.29) is 183 Å². The monoisotopic (exact) mass is 1260 g/mol. The Bertz CT molecular complexity index is 961. The van der Waals surface area contributed by atoms with Gasteiger partial charge in [-0.15, -0.1) is 0 Å². The predicted octanol–water partition coefficient (Wildman–Crippen LogP) is 12.1. The van der Waals surface area contributed by atoms with E-state index in [9.17, 15) is 28.8 Å². The van der Waals surface area contributed by atoms with E-state index in [4.69, 9.17) is 14.2 Å². The van der Waals surface area contributed by atoms with Gasteiger partial charge in [-0.3, -0.25) is 28.8 Å². The van der Waals surface area contributed by atoms with Gasteiger partial charge in [-0.1, -0.05) is 221 Å². The summed E-state index contributed by atoms with van der Waals surface area (Å²) in [6.45, 7) is 13.0. The third-order valence-corrected chi connectivity index (χ3v) is 10.6. The van der Waals surface area contributed by atoms with Gasteiger partial charge >= 0.3 is 111 Å². The molecule has 0 saturated carbocycles. The quantitative estimate of drug-likeness (QED) is 0.0193. The third-order valence-electron chi connectivity index (χ3n) is 10.6. The maximum Gasteiger partial charge on any atom is 0 e. The van der Waals surface area contributed by atoms with Gasteiger partial charge in [-0.05, 0) is 38.5 Å². The molecule has 9 nitrogen and oxygen atoms in total. The van der Waals surface area contributed by atoms with Crippen LogP contribution in [-0.2, 0) is 113 Å². The zero-order valence-electron chi connectivity index (χ0n) is 45.5. The molecule has 393 valence electrons. The normalized spacial score (nSPS) is 9.58. The molecule has 0 saturated heterocycles. The van der Waals surface area contributed by atoms with Gasteiger partial charge in [0, 0.05) is 109 Å². The molecule has 0 fully saturated rings. The van der Waals surface area contributed by atoms with Crippen molar-refractivity contribution in [2.45, 2.75) is 298 Å². The Labute approximate surface area is 518 Å². The Morgan fingerprint density at radius 2 is 0.373 bits per heavy atom. The van der Waals surface area contributed by atoms with Crippen LogP contribution in [0.4, 0.5) is 0 Å². The minimum absolute atomic E-state index is 0. The number of unbranched alkanes of at least 4 members (excludes halogenated alkanes) is 28. The van der Waals surface area contributed by atoms with Gasteiger partial charge in [0.15, 0.2) is 0 Å². The van der Waals surface area contributed by atoms with E-state index in [0.29, 0.717) is 38.5 Å². The molecule has 0 aromatic carbocycles. The number of hydrogen-bond acceptors (Lipinski definition) is 9. The molecule has 0 spiro atoms. The van der Waals surface area contributed by atoms with E-state index in [1.807, 2.05) is 0 Å². The predicted molar refractivity (Wildman–Crippen MR) is 262 cm³/mol. The molecule has 0 N–H and O–H groups in total. The second-order valence-electron chi connectivity index (χ2n) is 16.9. The molecule has 0 rings (SSSR count). The van der Waals surface area contributed by atoms with Crippen LogP contribution in [0.25, 0.3) is 0 Å². The van der Waals surface area contributed by atoms with Crippen LogP contribution in [0.15, 0.2) is 0 Å². The summed E-state index contributed by atoms with van der Waals surface area (Å²) in [5.74, 6) is -2.09. The van der Waals surface area contributed by atoms with Crippen LogP contribution < -0.4 is 51.4 Å². The van der Waals surface area contributed by atoms with Gasteiger partial charge in [-0.25, -0.2) is 0 Å². The van der Waals surface area contributed by atoms with E-state index >= 15 is 0 Å². The summed E-state index contributed by atoms with van der Waals surface area (Å²) >= 11 is 0. The number of hydrogen-bond donors (Lipinski definition) is 0. The van der Waals surface area contributed by atoms with E-state index < -0.39 is 0 Å². The molecule has 0 aliphatic rings. The summed E-state index contributed by atoms with van der Waals surface area (Å²) in [4.78, 5) is 68.6. The number of ether oxygens (including phenoxy) is 3. The first kappa shape index (κ1) is 88.6. The molecule has 0 aromatic rings. The molecule has 0 atom stereocenters. The van der Waals surface area contributed by atoms with Crippen molar-refractivity contribution in [3.05, 3.63) is 0 Å². The van der Waals surface area contributed by atoms with Crippen molar-refractivity contribution in [1.82, 2.24) is 0 Å². The van der Waals surface area contributed by atoms with Gasteiger partial charge in [0.2, 0.25) is 0 Å².